The van der Waals surface area contributed by atoms with E-state index in [0.29, 0.717) is 0 Å². The maximum atomic E-state index is 10.8. The predicted molar refractivity (Wildman–Crippen MR) is 60.0 cm³/mol. The first kappa shape index (κ1) is 13.2. The van der Waals surface area contributed by atoms with Crippen LogP contribution in [0.5, 0.6) is 0 Å². The minimum atomic E-state index is -3.75. The van der Waals surface area contributed by atoms with Crippen molar-refractivity contribution in [2.75, 3.05) is 18.4 Å². The van der Waals surface area contributed by atoms with Gasteiger partial charge in [-0.3, -0.25) is 9.51 Å². The van der Waals surface area contributed by atoms with E-state index in [4.69, 9.17) is 5.14 Å². The van der Waals surface area contributed by atoms with Crippen LogP contribution in [0, 0.1) is 0 Å². The van der Waals surface area contributed by atoms with Crippen LogP contribution >= 0.6 is 0 Å². The second kappa shape index (κ2) is 5.17. The molecule has 2 heterocycles. The first-order valence-electron chi connectivity index (χ1n) is 4.86. The molecule has 0 radical (unpaired) electrons. The Labute approximate surface area is 105 Å². The Morgan fingerprint density at radius 3 is 2.68 bits per heavy atom. The molecule has 2 rings (SSSR count). The van der Waals surface area contributed by atoms with Crippen LogP contribution in [0.1, 0.15) is 0 Å². The third-order valence-corrected chi connectivity index (χ3v) is 2.48. The van der Waals surface area contributed by atoms with Crippen LogP contribution in [-0.2, 0) is 10.2 Å². The van der Waals surface area contributed by atoms with Gasteiger partial charge in [0.2, 0.25) is 11.6 Å². The van der Waals surface area contributed by atoms with Crippen molar-refractivity contribution in [3.63, 3.8) is 0 Å². The van der Waals surface area contributed by atoms with Crippen LogP contribution in [0.3, 0.4) is 0 Å². The van der Waals surface area contributed by atoms with E-state index in [1.54, 1.807) is 0 Å². The number of rotatable bonds is 6. The molecule has 0 amide bonds. The molecule has 5 N–H and O–H groups in total. The van der Waals surface area contributed by atoms with Crippen molar-refractivity contribution in [2.24, 2.45) is 5.14 Å². The van der Waals surface area contributed by atoms with E-state index in [0.717, 1.165) is 0 Å². The molecule has 2 aromatic rings. The van der Waals surface area contributed by atoms with Crippen LogP contribution in [0.2, 0.25) is 0 Å². The van der Waals surface area contributed by atoms with E-state index in [-0.39, 0.29) is 30.4 Å². The quantitative estimate of drug-likeness (QED) is 0.422. The van der Waals surface area contributed by atoms with Crippen molar-refractivity contribution in [3.05, 3.63) is 10.6 Å². The lowest BCUT2D eigenvalue weighted by Gasteiger charge is -2.03. The molecule has 2 aromatic heterocycles. The molecule has 0 spiro atoms. The number of nitrogens with zero attached hydrogens (tertiary/aromatic N) is 3. The molecular formula is C6H9N7O5S. The number of nitrogens with one attached hydrogen (secondary N) is 3. The first-order chi connectivity index (χ1) is 8.96. The van der Waals surface area contributed by atoms with Crippen LogP contribution in [0.4, 0.5) is 5.82 Å². The lowest BCUT2D eigenvalue weighted by atomic mass is 10.4. The summed E-state index contributed by atoms with van der Waals surface area (Å²) in [5.74, 6) is -0.547. The second-order valence-corrected chi connectivity index (χ2v) is 4.65. The van der Waals surface area contributed by atoms with Gasteiger partial charge in [-0.05, 0) is 10.3 Å². The Balaban J connectivity index is 1.99. The molecular weight excluding hydrogens is 282 g/mol. The van der Waals surface area contributed by atoms with Gasteiger partial charge in [0.25, 0.3) is 10.2 Å². The molecule has 0 atom stereocenters. The number of H-pyrrole nitrogens is 1. The van der Waals surface area contributed by atoms with E-state index in [2.05, 4.69) is 39.6 Å². The van der Waals surface area contributed by atoms with Crippen LogP contribution in [0.15, 0.2) is 13.9 Å². The van der Waals surface area contributed by atoms with Crippen LogP contribution < -0.4 is 20.9 Å². The van der Waals surface area contributed by atoms with Crippen molar-refractivity contribution in [1.29, 1.82) is 0 Å². The molecule has 0 saturated carbocycles. The first-order valence-corrected chi connectivity index (χ1v) is 6.40. The third-order valence-electron chi connectivity index (χ3n) is 1.87. The number of hydrogen-bond donors (Lipinski definition) is 4. The zero-order chi connectivity index (χ0) is 13.9. The van der Waals surface area contributed by atoms with Gasteiger partial charge < -0.3 is 5.32 Å². The van der Waals surface area contributed by atoms with Gasteiger partial charge in [-0.15, -0.1) is 0 Å². The largest absolute Gasteiger partial charge is 0.439 e. The smallest absolute Gasteiger partial charge is 0.364 e. The zero-order valence-electron chi connectivity index (χ0n) is 9.28. The molecule has 0 aliphatic carbocycles. The lowest BCUT2D eigenvalue weighted by Crippen LogP contribution is -2.34. The van der Waals surface area contributed by atoms with Gasteiger partial charge in [0.15, 0.2) is 5.69 Å². The van der Waals surface area contributed by atoms with Crippen LogP contribution in [-0.4, -0.2) is 42.0 Å². The minimum Gasteiger partial charge on any atom is -0.364 e. The highest BCUT2D eigenvalue weighted by molar-refractivity contribution is 7.87. The Morgan fingerprint density at radius 2 is 2.05 bits per heavy atom. The minimum absolute atomic E-state index is 0.0282. The molecule has 19 heavy (non-hydrogen) atoms. The monoisotopic (exact) mass is 291 g/mol. The van der Waals surface area contributed by atoms with Gasteiger partial charge in [0.1, 0.15) is 0 Å². The molecule has 104 valence electrons. The number of anilines is 1. The average molecular weight is 291 g/mol. The molecule has 0 aliphatic rings. The molecule has 0 unspecified atom stereocenters. The maximum Gasteiger partial charge on any atom is 0.439 e. The molecule has 0 aliphatic heterocycles. The van der Waals surface area contributed by atoms with Crippen molar-refractivity contribution in [3.8, 4) is 11.5 Å². The topological polar surface area (TPSA) is 182 Å². The Morgan fingerprint density at radius 1 is 1.26 bits per heavy atom. The zero-order valence-corrected chi connectivity index (χ0v) is 10.1. The summed E-state index contributed by atoms with van der Waals surface area (Å²) < 4.78 is 32.1. The molecule has 0 fully saturated rings. The fourth-order valence-corrected chi connectivity index (χ4v) is 1.55. The highest BCUT2D eigenvalue weighted by Gasteiger charge is 2.16. The second-order valence-electron chi connectivity index (χ2n) is 3.27. The predicted octanol–water partition coefficient (Wildman–Crippen LogP) is -2.38. The van der Waals surface area contributed by atoms with E-state index in [9.17, 15) is 13.2 Å². The number of nitrogens with two attached hydrogens (primary N) is 1. The Hall–Kier alpha value is -2.25. The number of aromatic nitrogens is 4. The van der Waals surface area contributed by atoms with Crippen molar-refractivity contribution in [1.82, 2.24) is 25.2 Å². The van der Waals surface area contributed by atoms with E-state index in [1.165, 1.54) is 0 Å². The summed E-state index contributed by atoms with van der Waals surface area (Å²) in [6.45, 7) is 0.195. The summed E-state index contributed by atoms with van der Waals surface area (Å²) in [7, 11) is -3.75. The summed E-state index contributed by atoms with van der Waals surface area (Å²) in [6, 6.07) is 0. The van der Waals surface area contributed by atoms with Gasteiger partial charge in [-0.25, -0.2) is 19.3 Å². The van der Waals surface area contributed by atoms with Crippen molar-refractivity contribution >= 4 is 16.0 Å². The van der Waals surface area contributed by atoms with Gasteiger partial charge in [-0.1, -0.05) is 5.16 Å². The molecule has 0 saturated heterocycles. The highest BCUT2D eigenvalue weighted by Crippen LogP contribution is 2.18. The van der Waals surface area contributed by atoms with E-state index in [1.807, 2.05) is 0 Å². The highest BCUT2D eigenvalue weighted by atomic mass is 32.2. The summed E-state index contributed by atoms with van der Waals surface area (Å²) in [5.41, 5.74) is 0.126. The molecule has 13 heteroatoms. The fraction of sp³-hybridized carbons (Fsp3) is 0.333. The molecule has 0 bridgehead atoms. The van der Waals surface area contributed by atoms with Gasteiger partial charge in [0.05, 0.1) is 0 Å². The van der Waals surface area contributed by atoms with Gasteiger partial charge >= 0.3 is 5.76 Å². The summed E-state index contributed by atoms with van der Waals surface area (Å²) in [5, 5.41) is 17.9. The van der Waals surface area contributed by atoms with E-state index < -0.39 is 16.0 Å². The molecule has 0 aromatic carbocycles. The van der Waals surface area contributed by atoms with E-state index >= 15 is 0 Å². The van der Waals surface area contributed by atoms with Crippen molar-refractivity contribution < 1.29 is 17.6 Å². The van der Waals surface area contributed by atoms with Gasteiger partial charge in [-0.2, -0.15) is 8.42 Å². The summed E-state index contributed by atoms with van der Waals surface area (Å²) in [6.07, 6.45) is 0. The van der Waals surface area contributed by atoms with Gasteiger partial charge in [0, 0.05) is 13.1 Å². The van der Waals surface area contributed by atoms with Crippen molar-refractivity contribution in [2.45, 2.75) is 0 Å². The van der Waals surface area contributed by atoms with Crippen LogP contribution in [0.25, 0.3) is 11.5 Å². The molecule has 12 nitrogen and oxygen atoms in total. The standard InChI is InChI=1S/C6H9N7O5S/c7-19(15,16)9-2-1-8-4-3(11-18-13-4)5-10-6(14)17-12-5/h9H,1-2H2,(H,8,13)(H2,7,15,16)(H,10,12,14). The fourth-order valence-electron chi connectivity index (χ4n) is 1.17. The Bertz CT molecular complexity index is 699. The summed E-state index contributed by atoms with van der Waals surface area (Å²) in [4.78, 5) is 13.1. The average Bonchev–Trinajstić information content (AvgIpc) is 2.91. The summed E-state index contributed by atoms with van der Waals surface area (Å²) >= 11 is 0. The normalized spacial score (nSPS) is 11.6. The third kappa shape index (κ3) is 3.60. The maximum absolute atomic E-state index is 10.8. The number of hydrogen-bond acceptors (Lipinski definition) is 9. The Kier molecular flexibility index (Phi) is 3.59. The lowest BCUT2D eigenvalue weighted by molar-refractivity contribution is 0.309. The number of aromatic amines is 1. The SMILES string of the molecule is NS(=O)(=O)NCCNc1nonc1-c1noc(=O)[nH]1.